The van der Waals surface area contributed by atoms with Crippen molar-refractivity contribution in [3.63, 3.8) is 0 Å². The number of amides is 1. The summed E-state index contributed by atoms with van der Waals surface area (Å²) in [6.07, 6.45) is 3.12. The molecule has 0 aromatic rings. The maximum Gasteiger partial charge on any atom is 0.246 e. The summed E-state index contributed by atoms with van der Waals surface area (Å²) in [6.45, 7) is 2.60. The molecule has 0 aromatic heterocycles. The fourth-order valence-electron chi connectivity index (χ4n) is 1.61. The molecular weight excluding hydrogens is 168 g/mol. The van der Waals surface area contributed by atoms with Gasteiger partial charge in [0.05, 0.1) is 0 Å². The highest BCUT2D eigenvalue weighted by atomic mass is 16.5. The minimum absolute atomic E-state index is 0.0517. The highest BCUT2D eigenvalue weighted by molar-refractivity contribution is 5.77. The van der Waals surface area contributed by atoms with Gasteiger partial charge in [0.25, 0.3) is 0 Å². The minimum Gasteiger partial charge on any atom is -0.372 e. The topological polar surface area (TPSA) is 64.3 Å². The van der Waals surface area contributed by atoms with Crippen molar-refractivity contribution in [2.45, 2.75) is 38.3 Å². The lowest BCUT2D eigenvalue weighted by molar-refractivity contribution is -0.126. The van der Waals surface area contributed by atoms with Crippen molar-refractivity contribution in [2.75, 3.05) is 13.2 Å². The van der Waals surface area contributed by atoms with Crippen LogP contribution in [0.4, 0.5) is 0 Å². The Labute approximate surface area is 78.8 Å². The average Bonchev–Trinajstić information content (AvgIpc) is 2.48. The minimum atomic E-state index is -0.0517. The van der Waals surface area contributed by atoms with Gasteiger partial charge in [-0.05, 0) is 26.2 Å². The normalized spacial score (nSPS) is 27.5. The largest absolute Gasteiger partial charge is 0.372 e. The Morgan fingerprint density at radius 2 is 2.38 bits per heavy atom. The monoisotopic (exact) mass is 186 g/mol. The first-order chi connectivity index (χ1) is 6.24. The Morgan fingerprint density at radius 1 is 1.62 bits per heavy atom. The number of carbonyl (C=O) groups is 1. The highest BCUT2D eigenvalue weighted by Crippen LogP contribution is 2.16. The SMILES string of the molecule is CCOCC(=O)NC1CCCC1N. The van der Waals surface area contributed by atoms with Gasteiger partial charge in [-0.15, -0.1) is 0 Å². The van der Waals surface area contributed by atoms with Gasteiger partial charge in [-0.2, -0.15) is 0 Å². The summed E-state index contributed by atoms with van der Waals surface area (Å²) in [6, 6.07) is 0.290. The van der Waals surface area contributed by atoms with Crippen molar-refractivity contribution in [2.24, 2.45) is 5.73 Å². The number of rotatable bonds is 4. The quantitative estimate of drug-likeness (QED) is 0.650. The van der Waals surface area contributed by atoms with E-state index in [2.05, 4.69) is 5.32 Å². The number of hydrogen-bond donors (Lipinski definition) is 2. The second-order valence-corrected chi connectivity index (χ2v) is 3.41. The van der Waals surface area contributed by atoms with Crippen molar-refractivity contribution in [3.8, 4) is 0 Å². The van der Waals surface area contributed by atoms with Crippen molar-refractivity contribution in [1.29, 1.82) is 0 Å². The number of nitrogens with one attached hydrogen (secondary N) is 1. The Morgan fingerprint density at radius 3 is 2.92 bits per heavy atom. The first-order valence-corrected chi connectivity index (χ1v) is 4.86. The van der Waals surface area contributed by atoms with Crippen LogP contribution in [-0.2, 0) is 9.53 Å². The molecule has 1 saturated carbocycles. The molecule has 2 unspecified atom stereocenters. The van der Waals surface area contributed by atoms with Gasteiger partial charge in [-0.1, -0.05) is 0 Å². The van der Waals surface area contributed by atoms with Crippen LogP contribution in [0.25, 0.3) is 0 Å². The van der Waals surface area contributed by atoms with Crippen molar-refractivity contribution < 1.29 is 9.53 Å². The van der Waals surface area contributed by atoms with E-state index in [1.807, 2.05) is 6.92 Å². The van der Waals surface area contributed by atoms with Crippen LogP contribution >= 0.6 is 0 Å². The average molecular weight is 186 g/mol. The second-order valence-electron chi connectivity index (χ2n) is 3.41. The maximum absolute atomic E-state index is 11.2. The predicted octanol–water partition coefficient (Wildman–Crippen LogP) is 0.0189. The van der Waals surface area contributed by atoms with Gasteiger partial charge < -0.3 is 15.8 Å². The molecule has 1 rings (SSSR count). The molecule has 0 radical (unpaired) electrons. The molecule has 0 aromatic carbocycles. The van der Waals surface area contributed by atoms with Gasteiger partial charge in [0.2, 0.25) is 5.91 Å². The van der Waals surface area contributed by atoms with E-state index in [4.69, 9.17) is 10.5 Å². The van der Waals surface area contributed by atoms with E-state index >= 15 is 0 Å². The van der Waals surface area contributed by atoms with E-state index < -0.39 is 0 Å². The van der Waals surface area contributed by atoms with E-state index in [9.17, 15) is 4.79 Å². The summed E-state index contributed by atoms with van der Waals surface area (Å²) in [5.41, 5.74) is 5.80. The van der Waals surface area contributed by atoms with Gasteiger partial charge >= 0.3 is 0 Å². The molecule has 1 amide bonds. The summed E-state index contributed by atoms with van der Waals surface area (Å²) in [5.74, 6) is -0.0517. The third-order valence-electron chi connectivity index (χ3n) is 2.35. The van der Waals surface area contributed by atoms with Crippen molar-refractivity contribution >= 4 is 5.91 Å². The maximum atomic E-state index is 11.2. The van der Waals surface area contributed by atoms with Gasteiger partial charge in [0.15, 0.2) is 0 Å². The van der Waals surface area contributed by atoms with Crippen LogP contribution in [0.5, 0.6) is 0 Å². The van der Waals surface area contributed by atoms with Crippen LogP contribution in [0.2, 0.25) is 0 Å². The summed E-state index contributed by atoms with van der Waals surface area (Å²) < 4.78 is 4.99. The standard InChI is InChI=1S/C9H18N2O2/c1-2-13-6-9(12)11-8-5-3-4-7(8)10/h7-8H,2-6,10H2,1H3,(H,11,12). The zero-order valence-electron chi connectivity index (χ0n) is 8.08. The first-order valence-electron chi connectivity index (χ1n) is 4.86. The fraction of sp³-hybridized carbons (Fsp3) is 0.889. The highest BCUT2D eigenvalue weighted by Gasteiger charge is 2.24. The Hall–Kier alpha value is -0.610. The molecule has 2 atom stereocenters. The van der Waals surface area contributed by atoms with Crippen LogP contribution in [0, 0.1) is 0 Å². The molecule has 0 heterocycles. The third-order valence-corrected chi connectivity index (χ3v) is 2.35. The number of nitrogens with two attached hydrogens (primary N) is 1. The van der Waals surface area contributed by atoms with E-state index in [1.54, 1.807) is 0 Å². The summed E-state index contributed by atoms with van der Waals surface area (Å²) in [7, 11) is 0. The second kappa shape index (κ2) is 5.19. The molecule has 0 saturated heterocycles. The summed E-state index contributed by atoms with van der Waals surface area (Å²) in [5, 5.41) is 2.87. The molecule has 1 aliphatic carbocycles. The van der Waals surface area contributed by atoms with Crippen molar-refractivity contribution in [3.05, 3.63) is 0 Å². The van der Waals surface area contributed by atoms with Crippen LogP contribution < -0.4 is 11.1 Å². The van der Waals surface area contributed by atoms with Gasteiger partial charge in [0.1, 0.15) is 6.61 Å². The zero-order valence-corrected chi connectivity index (χ0v) is 8.08. The van der Waals surface area contributed by atoms with E-state index in [0.29, 0.717) is 6.61 Å². The van der Waals surface area contributed by atoms with Gasteiger partial charge in [0, 0.05) is 18.7 Å². The molecule has 0 bridgehead atoms. The van der Waals surface area contributed by atoms with E-state index in [1.165, 1.54) is 0 Å². The van der Waals surface area contributed by atoms with Crippen molar-refractivity contribution in [1.82, 2.24) is 5.32 Å². The fourth-order valence-corrected chi connectivity index (χ4v) is 1.61. The number of carbonyl (C=O) groups excluding carboxylic acids is 1. The molecule has 0 spiro atoms. The molecule has 3 N–H and O–H groups in total. The Balaban J connectivity index is 2.19. The van der Waals surface area contributed by atoms with Crippen LogP contribution in [-0.4, -0.2) is 31.2 Å². The summed E-state index contributed by atoms with van der Waals surface area (Å²) >= 11 is 0. The van der Waals surface area contributed by atoms with Crippen LogP contribution in [0.15, 0.2) is 0 Å². The smallest absolute Gasteiger partial charge is 0.246 e. The van der Waals surface area contributed by atoms with E-state index in [-0.39, 0.29) is 24.6 Å². The summed E-state index contributed by atoms with van der Waals surface area (Å²) in [4.78, 5) is 11.2. The predicted molar refractivity (Wildman–Crippen MR) is 50.3 cm³/mol. The lowest BCUT2D eigenvalue weighted by atomic mass is 10.2. The molecule has 13 heavy (non-hydrogen) atoms. The number of ether oxygens (including phenoxy) is 1. The molecule has 4 nitrogen and oxygen atoms in total. The lowest BCUT2D eigenvalue weighted by Crippen LogP contribution is -2.45. The van der Waals surface area contributed by atoms with Crippen LogP contribution in [0.1, 0.15) is 26.2 Å². The van der Waals surface area contributed by atoms with Crippen LogP contribution in [0.3, 0.4) is 0 Å². The molecule has 76 valence electrons. The molecule has 4 heteroatoms. The van der Waals surface area contributed by atoms with Gasteiger partial charge in [-0.3, -0.25) is 4.79 Å². The van der Waals surface area contributed by atoms with E-state index in [0.717, 1.165) is 19.3 Å². The Kier molecular flexibility index (Phi) is 4.18. The third kappa shape index (κ3) is 3.32. The molecule has 1 fully saturated rings. The first kappa shape index (κ1) is 10.5. The number of hydrogen-bond acceptors (Lipinski definition) is 3. The molecule has 0 aliphatic heterocycles. The molecular formula is C9H18N2O2. The molecule has 1 aliphatic rings. The lowest BCUT2D eigenvalue weighted by Gasteiger charge is -2.16. The zero-order chi connectivity index (χ0) is 9.68. The van der Waals surface area contributed by atoms with Gasteiger partial charge in [-0.25, -0.2) is 0 Å². The Bertz CT molecular complexity index is 173.